The number of ether oxygens (including phenoxy) is 2. The van der Waals surface area contributed by atoms with Crippen LogP contribution in [-0.2, 0) is 4.79 Å². The Morgan fingerprint density at radius 3 is 2.64 bits per heavy atom. The maximum absolute atomic E-state index is 11.8. The molecule has 2 aromatic rings. The number of hydrazone groups is 1. The number of hydrogen-bond acceptors (Lipinski definition) is 7. The molecule has 9 heteroatoms. The number of nitro benzene ring substituents is 1. The van der Waals surface area contributed by atoms with Crippen molar-refractivity contribution >= 4 is 17.8 Å². The summed E-state index contributed by atoms with van der Waals surface area (Å²) in [5.74, 6) is -0.525. The summed E-state index contributed by atoms with van der Waals surface area (Å²) >= 11 is 0. The van der Waals surface area contributed by atoms with E-state index in [1.54, 1.807) is 13.0 Å². The van der Waals surface area contributed by atoms with Crippen molar-refractivity contribution in [2.24, 2.45) is 5.10 Å². The zero-order valence-corrected chi connectivity index (χ0v) is 15.8. The molecule has 0 aliphatic carbocycles. The third-order valence-electron chi connectivity index (χ3n) is 3.82. The van der Waals surface area contributed by atoms with Gasteiger partial charge in [0.15, 0.2) is 12.4 Å². The molecule has 0 unspecified atom stereocenters. The maximum atomic E-state index is 11.8. The van der Waals surface area contributed by atoms with Crippen LogP contribution >= 0.6 is 0 Å². The highest BCUT2D eigenvalue weighted by Gasteiger charge is 2.19. The van der Waals surface area contributed by atoms with Gasteiger partial charge in [0.1, 0.15) is 5.75 Å². The first-order valence-corrected chi connectivity index (χ1v) is 8.48. The molecule has 0 heterocycles. The van der Waals surface area contributed by atoms with Gasteiger partial charge in [-0.1, -0.05) is 6.07 Å². The molecule has 1 amide bonds. The van der Waals surface area contributed by atoms with Gasteiger partial charge in [0.25, 0.3) is 5.91 Å². The van der Waals surface area contributed by atoms with E-state index < -0.39 is 22.3 Å². The Morgan fingerprint density at radius 1 is 1.25 bits per heavy atom. The molecule has 0 aliphatic heterocycles. The average molecular weight is 387 g/mol. The smallest absolute Gasteiger partial charge is 0.315 e. The number of phenols is 1. The molecule has 0 aliphatic rings. The summed E-state index contributed by atoms with van der Waals surface area (Å²) in [6, 6.07) is 8.00. The second kappa shape index (κ2) is 9.36. The van der Waals surface area contributed by atoms with E-state index in [4.69, 9.17) is 9.47 Å². The number of amides is 1. The molecule has 28 heavy (non-hydrogen) atoms. The highest BCUT2D eigenvalue weighted by Crippen LogP contribution is 2.36. The molecule has 2 rings (SSSR count). The number of benzene rings is 2. The highest BCUT2D eigenvalue weighted by atomic mass is 16.6. The number of phenolic OH excluding ortho intramolecular Hbond substituents is 1. The Labute approximate surface area is 161 Å². The third-order valence-corrected chi connectivity index (χ3v) is 3.82. The zero-order chi connectivity index (χ0) is 20.7. The molecule has 0 radical (unpaired) electrons. The summed E-state index contributed by atoms with van der Waals surface area (Å²) in [5, 5.41) is 24.6. The Bertz CT molecular complexity index is 911. The molecular formula is C19H21N3O6. The van der Waals surface area contributed by atoms with Crippen LogP contribution in [0.15, 0.2) is 35.4 Å². The number of carbonyl (C=O) groups is 1. The van der Waals surface area contributed by atoms with Crippen LogP contribution in [0.3, 0.4) is 0 Å². The van der Waals surface area contributed by atoms with E-state index in [2.05, 4.69) is 10.5 Å². The molecule has 148 valence electrons. The van der Waals surface area contributed by atoms with Gasteiger partial charge < -0.3 is 14.6 Å². The summed E-state index contributed by atoms with van der Waals surface area (Å²) in [6.45, 7) is 5.59. The number of nitrogens with one attached hydrogen (secondary N) is 1. The zero-order valence-electron chi connectivity index (χ0n) is 15.8. The first-order chi connectivity index (χ1) is 13.3. The van der Waals surface area contributed by atoms with Gasteiger partial charge in [-0.3, -0.25) is 14.9 Å². The minimum absolute atomic E-state index is 0.0393. The lowest BCUT2D eigenvalue weighted by Crippen LogP contribution is -2.24. The predicted octanol–water partition coefficient (Wildman–Crippen LogP) is 2.85. The van der Waals surface area contributed by atoms with Gasteiger partial charge in [-0.2, -0.15) is 5.10 Å². The van der Waals surface area contributed by atoms with E-state index in [1.807, 2.05) is 26.0 Å². The number of aromatic hydroxyl groups is 1. The average Bonchev–Trinajstić information content (AvgIpc) is 2.65. The largest absolute Gasteiger partial charge is 0.500 e. The Morgan fingerprint density at radius 2 is 2.00 bits per heavy atom. The number of hydrogen-bond donors (Lipinski definition) is 2. The van der Waals surface area contributed by atoms with Crippen molar-refractivity contribution in [2.75, 3.05) is 13.2 Å². The van der Waals surface area contributed by atoms with Crippen molar-refractivity contribution < 1.29 is 24.3 Å². The monoisotopic (exact) mass is 387 g/mol. The van der Waals surface area contributed by atoms with Crippen molar-refractivity contribution in [3.63, 3.8) is 0 Å². The highest BCUT2D eigenvalue weighted by molar-refractivity contribution is 5.85. The summed E-state index contributed by atoms with van der Waals surface area (Å²) in [4.78, 5) is 22.1. The normalized spacial score (nSPS) is 10.7. The van der Waals surface area contributed by atoms with Gasteiger partial charge >= 0.3 is 5.69 Å². The SMILES string of the molecule is CCOc1cc(/C=N\NC(=O)COc2ccc(C)c(C)c2)cc([N+](=O)[O-])c1O. The molecule has 0 saturated carbocycles. The van der Waals surface area contributed by atoms with E-state index in [9.17, 15) is 20.0 Å². The first kappa shape index (κ1) is 20.7. The Hall–Kier alpha value is -3.62. The molecule has 2 aromatic carbocycles. The number of nitrogens with zero attached hydrogens (tertiary/aromatic N) is 2. The molecule has 0 aromatic heterocycles. The van der Waals surface area contributed by atoms with Crippen molar-refractivity contribution in [1.29, 1.82) is 0 Å². The van der Waals surface area contributed by atoms with Gasteiger partial charge in [0.2, 0.25) is 5.75 Å². The minimum atomic E-state index is -0.731. The van der Waals surface area contributed by atoms with E-state index >= 15 is 0 Å². The van der Waals surface area contributed by atoms with Gasteiger partial charge in [-0.05, 0) is 50.1 Å². The lowest BCUT2D eigenvalue weighted by molar-refractivity contribution is -0.386. The second-order valence-corrected chi connectivity index (χ2v) is 5.90. The Balaban J connectivity index is 2.00. The molecule has 0 spiro atoms. The summed E-state index contributed by atoms with van der Waals surface area (Å²) in [6.07, 6.45) is 1.21. The van der Waals surface area contributed by atoms with Crippen LogP contribution < -0.4 is 14.9 Å². The van der Waals surface area contributed by atoms with E-state index in [-0.39, 0.29) is 24.5 Å². The fourth-order valence-electron chi connectivity index (χ4n) is 2.26. The fraction of sp³-hybridized carbons (Fsp3) is 0.263. The first-order valence-electron chi connectivity index (χ1n) is 8.48. The second-order valence-electron chi connectivity index (χ2n) is 5.90. The standard InChI is InChI=1S/C19H21N3O6/c1-4-27-17-9-14(8-16(19(17)24)22(25)26)10-20-21-18(23)11-28-15-6-5-12(2)13(3)7-15/h5-10,24H,4,11H2,1-3H3,(H,21,23)/b20-10-. The van der Waals surface area contributed by atoms with Crippen LogP contribution in [0.5, 0.6) is 17.2 Å². The Kier molecular flexibility index (Phi) is 6.91. The van der Waals surface area contributed by atoms with Crippen LogP contribution in [0.4, 0.5) is 5.69 Å². The van der Waals surface area contributed by atoms with Crippen LogP contribution in [0.1, 0.15) is 23.6 Å². The van der Waals surface area contributed by atoms with Crippen LogP contribution in [-0.4, -0.2) is 35.4 Å². The number of rotatable bonds is 8. The third kappa shape index (κ3) is 5.44. The van der Waals surface area contributed by atoms with Gasteiger partial charge in [-0.15, -0.1) is 0 Å². The van der Waals surface area contributed by atoms with Crippen molar-refractivity contribution in [2.45, 2.75) is 20.8 Å². The molecule has 9 nitrogen and oxygen atoms in total. The van der Waals surface area contributed by atoms with E-state index in [1.165, 1.54) is 12.3 Å². The maximum Gasteiger partial charge on any atom is 0.315 e. The molecule has 0 fully saturated rings. The number of carbonyl (C=O) groups excluding carboxylic acids is 1. The van der Waals surface area contributed by atoms with Gasteiger partial charge in [0, 0.05) is 11.6 Å². The quantitative estimate of drug-likeness (QED) is 0.408. The predicted molar refractivity (Wildman–Crippen MR) is 103 cm³/mol. The van der Waals surface area contributed by atoms with Crippen molar-refractivity contribution in [3.8, 4) is 17.2 Å². The molecular weight excluding hydrogens is 366 g/mol. The summed E-state index contributed by atoms with van der Waals surface area (Å²) in [5.41, 5.74) is 4.21. The molecule has 0 bridgehead atoms. The molecule has 0 atom stereocenters. The van der Waals surface area contributed by atoms with Crippen LogP contribution in [0.2, 0.25) is 0 Å². The van der Waals surface area contributed by atoms with Crippen molar-refractivity contribution in [3.05, 3.63) is 57.1 Å². The van der Waals surface area contributed by atoms with Gasteiger partial charge in [0.05, 0.1) is 17.7 Å². The van der Waals surface area contributed by atoms with Gasteiger partial charge in [-0.25, -0.2) is 5.43 Å². The lowest BCUT2D eigenvalue weighted by Gasteiger charge is -2.08. The number of nitro groups is 1. The van der Waals surface area contributed by atoms with E-state index in [0.717, 1.165) is 17.2 Å². The molecule has 0 saturated heterocycles. The summed E-state index contributed by atoms with van der Waals surface area (Å²) in [7, 11) is 0. The lowest BCUT2D eigenvalue weighted by atomic mass is 10.1. The number of aryl methyl sites for hydroxylation is 2. The molecule has 2 N–H and O–H groups in total. The van der Waals surface area contributed by atoms with E-state index in [0.29, 0.717) is 5.75 Å². The summed E-state index contributed by atoms with van der Waals surface area (Å²) < 4.78 is 10.6. The van der Waals surface area contributed by atoms with Crippen LogP contribution in [0, 0.1) is 24.0 Å². The van der Waals surface area contributed by atoms with Crippen LogP contribution in [0.25, 0.3) is 0 Å². The topological polar surface area (TPSA) is 123 Å². The van der Waals surface area contributed by atoms with Crippen molar-refractivity contribution in [1.82, 2.24) is 5.43 Å². The fourth-order valence-corrected chi connectivity index (χ4v) is 2.26. The minimum Gasteiger partial charge on any atom is -0.500 e.